The minimum absolute atomic E-state index is 0.341. The summed E-state index contributed by atoms with van der Waals surface area (Å²) in [6, 6.07) is 19.7. The average Bonchev–Trinajstić information content (AvgIpc) is 2.74. The summed E-state index contributed by atoms with van der Waals surface area (Å²) >= 11 is 0. The van der Waals surface area contributed by atoms with Crippen molar-refractivity contribution in [2.45, 2.75) is 39.8 Å². The van der Waals surface area contributed by atoms with Crippen molar-refractivity contribution in [3.8, 4) is 0 Å². The van der Waals surface area contributed by atoms with Crippen LogP contribution in [-0.4, -0.2) is 17.8 Å². The van der Waals surface area contributed by atoms with Crippen molar-refractivity contribution in [3.05, 3.63) is 103 Å². The summed E-state index contributed by atoms with van der Waals surface area (Å²) in [6.45, 7) is 11.0. The predicted molar refractivity (Wildman–Crippen MR) is 132 cm³/mol. The monoisotopic (exact) mass is 404 g/mol. The Bertz CT molecular complexity index is 835. The van der Waals surface area contributed by atoms with Gasteiger partial charge in [-0.1, -0.05) is 98.5 Å². The quantitative estimate of drug-likeness (QED) is 0.216. The molecule has 29 heavy (non-hydrogen) atoms. The first-order valence-corrected chi connectivity index (χ1v) is 11.8. The maximum absolute atomic E-state index is 5.10. The van der Waals surface area contributed by atoms with E-state index in [9.17, 15) is 0 Å². The molecule has 0 aromatic heterocycles. The van der Waals surface area contributed by atoms with Gasteiger partial charge in [-0.15, -0.1) is 0 Å². The number of hydrogen-bond donors (Lipinski definition) is 1. The van der Waals surface area contributed by atoms with Gasteiger partial charge in [0, 0.05) is 6.04 Å². The first kappa shape index (κ1) is 22.8. The van der Waals surface area contributed by atoms with Crippen LogP contribution < -0.4 is 10.6 Å². The number of aryl methyl sites for hydroxylation is 1. The van der Waals surface area contributed by atoms with Gasteiger partial charge in [0.1, 0.15) is 5.58 Å². The molecule has 0 bridgehead atoms. The molecule has 0 amide bonds. The second-order valence-electron chi connectivity index (χ2n) is 7.06. The molecule has 1 N–H and O–H groups in total. The number of nitrogens with one attached hydrogen (secondary N) is 1. The number of benzene rings is 2. The number of allylic oxidation sites excluding steroid dienone is 5. The first-order chi connectivity index (χ1) is 14.2. The van der Waals surface area contributed by atoms with Crippen molar-refractivity contribution in [2.24, 2.45) is 4.99 Å². The summed E-state index contributed by atoms with van der Waals surface area (Å²) in [5.41, 5.74) is 3.80. The summed E-state index contributed by atoms with van der Waals surface area (Å²) in [5.74, 6) is 0. The van der Waals surface area contributed by atoms with E-state index in [4.69, 9.17) is 4.99 Å². The van der Waals surface area contributed by atoms with Crippen molar-refractivity contribution in [1.82, 2.24) is 5.32 Å². The lowest BCUT2D eigenvalue weighted by atomic mass is 10.1. The molecule has 0 radical (unpaired) electrons. The van der Waals surface area contributed by atoms with Gasteiger partial charge in [0.2, 0.25) is 0 Å². The molecule has 0 saturated carbocycles. The minimum Gasteiger partial charge on any atom is -0.368 e. The summed E-state index contributed by atoms with van der Waals surface area (Å²) in [5, 5.41) is 4.99. The Morgan fingerprint density at radius 3 is 2.34 bits per heavy atom. The SMILES string of the molecule is C=C/C=C\C=C/CP(C(=NCc1ccccc1CC)NC(C)C)c1ccccc1. The topological polar surface area (TPSA) is 24.4 Å². The Kier molecular flexibility index (Phi) is 10.2. The lowest BCUT2D eigenvalue weighted by molar-refractivity contribution is 0.736. The van der Waals surface area contributed by atoms with Gasteiger partial charge in [0.15, 0.2) is 0 Å². The van der Waals surface area contributed by atoms with E-state index in [2.05, 4.69) is 99.4 Å². The van der Waals surface area contributed by atoms with Gasteiger partial charge in [-0.3, -0.25) is 4.99 Å². The normalized spacial score (nSPS) is 13.3. The van der Waals surface area contributed by atoms with E-state index in [1.54, 1.807) is 6.08 Å². The van der Waals surface area contributed by atoms with Crippen molar-refractivity contribution >= 4 is 18.8 Å². The van der Waals surface area contributed by atoms with Gasteiger partial charge >= 0.3 is 0 Å². The molecule has 2 aromatic rings. The third kappa shape index (κ3) is 7.83. The van der Waals surface area contributed by atoms with Crippen LogP contribution in [0.2, 0.25) is 0 Å². The van der Waals surface area contributed by atoms with Crippen LogP contribution in [0.3, 0.4) is 0 Å². The van der Waals surface area contributed by atoms with Gasteiger partial charge in [-0.05, 0) is 50.8 Å². The smallest absolute Gasteiger partial charge is 0.125 e. The van der Waals surface area contributed by atoms with Gasteiger partial charge in [0.05, 0.1) is 6.54 Å². The minimum atomic E-state index is -0.590. The third-order valence-corrected chi connectivity index (χ3v) is 6.70. The zero-order chi connectivity index (χ0) is 20.9. The number of rotatable bonds is 10. The second-order valence-corrected chi connectivity index (χ2v) is 9.22. The lowest BCUT2D eigenvalue weighted by Crippen LogP contribution is -2.32. The van der Waals surface area contributed by atoms with E-state index < -0.39 is 7.92 Å². The van der Waals surface area contributed by atoms with E-state index >= 15 is 0 Å². The van der Waals surface area contributed by atoms with E-state index in [-0.39, 0.29) is 0 Å². The summed E-state index contributed by atoms with van der Waals surface area (Å²) in [4.78, 5) is 5.10. The standard InChI is InChI=1S/C26H33N2P/c1-5-7-8-9-15-20-29(25-18-11-10-12-19-25)26(28-22(3)4)27-21-24-17-14-13-16-23(24)6-2/h5,7-19,22H,1,6,20-21H2,2-4H3,(H,27,28)/b8-7-,15-9-. The number of amidine groups is 1. The Labute approximate surface area is 177 Å². The summed E-state index contributed by atoms with van der Waals surface area (Å²) < 4.78 is 0. The Morgan fingerprint density at radius 1 is 1.00 bits per heavy atom. The van der Waals surface area contributed by atoms with Gasteiger partial charge < -0.3 is 5.32 Å². The van der Waals surface area contributed by atoms with Crippen LogP contribution in [0.15, 0.2) is 96.5 Å². The average molecular weight is 405 g/mol. The fourth-order valence-electron chi connectivity index (χ4n) is 2.99. The van der Waals surface area contributed by atoms with Gasteiger partial charge in [-0.25, -0.2) is 0 Å². The molecule has 2 aromatic carbocycles. The maximum atomic E-state index is 5.10. The fourth-order valence-corrected chi connectivity index (χ4v) is 5.14. The van der Waals surface area contributed by atoms with Crippen LogP contribution in [0, 0.1) is 0 Å². The molecule has 152 valence electrons. The predicted octanol–water partition coefficient (Wildman–Crippen LogP) is 6.21. The molecule has 1 unspecified atom stereocenters. The Morgan fingerprint density at radius 2 is 1.69 bits per heavy atom. The largest absolute Gasteiger partial charge is 0.368 e. The van der Waals surface area contributed by atoms with Crippen LogP contribution in [0.5, 0.6) is 0 Å². The Hall–Kier alpha value is -2.44. The van der Waals surface area contributed by atoms with Crippen LogP contribution in [-0.2, 0) is 13.0 Å². The fraction of sp³-hybridized carbons (Fsp3) is 0.269. The molecule has 3 heteroatoms. The lowest BCUT2D eigenvalue weighted by Gasteiger charge is -2.23. The molecule has 0 saturated heterocycles. The van der Waals surface area contributed by atoms with Crippen LogP contribution >= 0.6 is 7.92 Å². The number of aliphatic imine (C=N–C) groups is 1. The van der Waals surface area contributed by atoms with Crippen LogP contribution in [0.1, 0.15) is 31.9 Å². The number of hydrogen-bond acceptors (Lipinski definition) is 1. The molecule has 0 aliphatic rings. The van der Waals surface area contributed by atoms with E-state index in [1.165, 1.54) is 16.4 Å². The van der Waals surface area contributed by atoms with Crippen molar-refractivity contribution in [1.29, 1.82) is 0 Å². The molecule has 1 atom stereocenters. The second kappa shape index (κ2) is 12.9. The van der Waals surface area contributed by atoms with Gasteiger partial charge in [-0.2, -0.15) is 0 Å². The Balaban J connectivity index is 2.34. The molecule has 0 aliphatic heterocycles. The first-order valence-electron chi connectivity index (χ1n) is 10.3. The number of nitrogens with zero attached hydrogens (tertiary/aromatic N) is 1. The molecular weight excluding hydrogens is 371 g/mol. The molecule has 2 rings (SSSR count). The molecular formula is C26H33N2P. The molecule has 2 nitrogen and oxygen atoms in total. The molecule has 0 fully saturated rings. The zero-order valence-electron chi connectivity index (χ0n) is 17.9. The van der Waals surface area contributed by atoms with E-state index in [0.29, 0.717) is 12.6 Å². The van der Waals surface area contributed by atoms with E-state index in [1.807, 2.05) is 12.2 Å². The summed E-state index contributed by atoms with van der Waals surface area (Å²) in [6.07, 6.45) is 12.1. The van der Waals surface area contributed by atoms with Crippen molar-refractivity contribution in [3.63, 3.8) is 0 Å². The highest BCUT2D eigenvalue weighted by atomic mass is 31.1. The maximum Gasteiger partial charge on any atom is 0.125 e. The van der Waals surface area contributed by atoms with Crippen molar-refractivity contribution < 1.29 is 0 Å². The molecule has 0 aliphatic carbocycles. The molecule has 0 spiro atoms. The van der Waals surface area contributed by atoms with Crippen LogP contribution in [0.25, 0.3) is 0 Å². The highest BCUT2D eigenvalue weighted by Crippen LogP contribution is 2.36. The van der Waals surface area contributed by atoms with Gasteiger partial charge in [0.25, 0.3) is 0 Å². The van der Waals surface area contributed by atoms with Crippen LogP contribution in [0.4, 0.5) is 0 Å². The summed E-state index contributed by atoms with van der Waals surface area (Å²) in [7, 11) is -0.590. The van der Waals surface area contributed by atoms with Crippen molar-refractivity contribution in [2.75, 3.05) is 6.16 Å². The highest BCUT2D eigenvalue weighted by Gasteiger charge is 2.17. The third-order valence-electron chi connectivity index (χ3n) is 4.42. The van der Waals surface area contributed by atoms with E-state index in [0.717, 1.165) is 18.2 Å². The molecule has 0 heterocycles. The highest BCUT2D eigenvalue weighted by molar-refractivity contribution is 7.81. The zero-order valence-corrected chi connectivity index (χ0v) is 18.8.